The third-order valence-electron chi connectivity index (χ3n) is 3.04. The Bertz CT molecular complexity index is 555. The maximum absolute atomic E-state index is 11.9. The van der Waals surface area contributed by atoms with Gasteiger partial charge in [-0.2, -0.15) is 0 Å². The zero-order valence-electron chi connectivity index (χ0n) is 14.0. The van der Waals surface area contributed by atoms with Gasteiger partial charge >= 0.3 is 6.09 Å². The quantitative estimate of drug-likeness (QED) is 0.527. The van der Waals surface area contributed by atoms with Crippen molar-refractivity contribution in [1.29, 1.82) is 0 Å². The molecule has 1 rings (SSSR count). The lowest BCUT2D eigenvalue weighted by atomic mass is 10.2. The molecule has 5 N–H and O–H groups in total. The Balaban J connectivity index is 2.84. The van der Waals surface area contributed by atoms with Crippen LogP contribution in [0.1, 0.15) is 19.5 Å². The molecular weight excluding hydrogens is 298 g/mol. The average Bonchev–Trinajstić information content (AvgIpc) is 2.46. The van der Waals surface area contributed by atoms with E-state index < -0.39 is 6.09 Å². The molecule has 1 heterocycles. The van der Waals surface area contributed by atoms with E-state index in [4.69, 9.17) is 16.3 Å². The highest BCUT2D eigenvalue weighted by molar-refractivity contribution is 5.68. The summed E-state index contributed by atoms with van der Waals surface area (Å²) in [5.41, 5.74) is 7.16. The summed E-state index contributed by atoms with van der Waals surface area (Å²) in [7, 11) is 3.26. The van der Waals surface area contributed by atoms with Crippen LogP contribution in [0.3, 0.4) is 0 Å². The van der Waals surface area contributed by atoms with Gasteiger partial charge in [-0.3, -0.25) is 4.98 Å². The van der Waals surface area contributed by atoms with Gasteiger partial charge in [0.15, 0.2) is 0 Å². The highest BCUT2D eigenvalue weighted by Gasteiger charge is 2.16. The number of aromatic hydroxyl groups is 1. The van der Waals surface area contributed by atoms with E-state index in [1.165, 1.54) is 22.2 Å². The van der Waals surface area contributed by atoms with E-state index in [2.05, 4.69) is 4.98 Å². The first-order valence-electron chi connectivity index (χ1n) is 7.22. The molecular formula is C15H25N5O3. The number of carbonyl (C=O) groups is 1. The van der Waals surface area contributed by atoms with Gasteiger partial charge in [-0.25, -0.2) is 10.6 Å². The van der Waals surface area contributed by atoms with E-state index in [1.54, 1.807) is 20.2 Å². The lowest BCUT2D eigenvalue weighted by Gasteiger charge is -2.22. The van der Waals surface area contributed by atoms with Crippen LogP contribution in [-0.2, 0) is 4.74 Å². The molecule has 23 heavy (non-hydrogen) atoms. The average molecular weight is 323 g/mol. The van der Waals surface area contributed by atoms with Crippen LogP contribution in [0, 0.1) is 5.92 Å². The number of nitrogens with zero attached hydrogens (tertiary/aromatic N) is 3. The second kappa shape index (κ2) is 8.23. The number of carbonyl (C=O) groups excluding carboxylic acids is 1. The van der Waals surface area contributed by atoms with Crippen molar-refractivity contribution in [3.63, 3.8) is 0 Å². The van der Waals surface area contributed by atoms with E-state index in [0.29, 0.717) is 23.9 Å². The van der Waals surface area contributed by atoms with Gasteiger partial charge in [0, 0.05) is 20.6 Å². The van der Waals surface area contributed by atoms with Crippen LogP contribution >= 0.6 is 0 Å². The molecule has 0 unspecified atom stereocenters. The normalized spacial score (nSPS) is 11.9. The largest absolute Gasteiger partial charge is 0.506 e. The smallest absolute Gasteiger partial charge is 0.409 e. The molecule has 0 aliphatic carbocycles. The molecule has 1 amide bonds. The van der Waals surface area contributed by atoms with Crippen LogP contribution in [0.5, 0.6) is 5.75 Å². The van der Waals surface area contributed by atoms with E-state index in [9.17, 15) is 9.90 Å². The minimum absolute atomic E-state index is 0.0333. The predicted octanol–water partition coefficient (Wildman–Crippen LogP) is 0.944. The molecule has 1 aromatic rings. The summed E-state index contributed by atoms with van der Waals surface area (Å²) in [6, 6.07) is 3.02. The molecule has 0 fully saturated rings. The van der Waals surface area contributed by atoms with Gasteiger partial charge in [-0.05, 0) is 18.1 Å². The number of aromatic nitrogens is 1. The van der Waals surface area contributed by atoms with Gasteiger partial charge in [0.25, 0.3) is 0 Å². The third kappa shape index (κ3) is 5.67. The molecule has 128 valence electrons. The molecule has 0 spiro atoms. The first-order chi connectivity index (χ1) is 10.7. The summed E-state index contributed by atoms with van der Waals surface area (Å²) in [4.78, 5) is 17.5. The summed E-state index contributed by atoms with van der Waals surface area (Å²) >= 11 is 0. The maximum atomic E-state index is 11.9. The van der Waals surface area contributed by atoms with Crippen LogP contribution < -0.4 is 11.6 Å². The van der Waals surface area contributed by atoms with Crippen LogP contribution in [0.25, 0.3) is 5.70 Å². The van der Waals surface area contributed by atoms with Crippen LogP contribution in [-0.4, -0.2) is 53.3 Å². The summed E-state index contributed by atoms with van der Waals surface area (Å²) in [5.74, 6) is 6.13. The Morgan fingerprint density at radius 3 is 2.52 bits per heavy atom. The fourth-order valence-electron chi connectivity index (χ4n) is 1.93. The molecule has 1 aromatic heterocycles. The van der Waals surface area contributed by atoms with E-state index >= 15 is 0 Å². The maximum Gasteiger partial charge on any atom is 0.409 e. The number of pyridine rings is 1. The molecule has 8 heteroatoms. The number of hydrazine groups is 1. The summed E-state index contributed by atoms with van der Waals surface area (Å²) in [6.07, 6.45) is 0.822. The number of ether oxygens (including phenoxy) is 1. The molecule has 0 bridgehead atoms. The second-order valence-electron chi connectivity index (χ2n) is 5.70. The van der Waals surface area contributed by atoms with Crippen LogP contribution in [0.4, 0.5) is 4.79 Å². The lowest BCUT2D eigenvalue weighted by Crippen LogP contribution is -2.35. The molecule has 0 aliphatic heterocycles. The van der Waals surface area contributed by atoms with Crippen molar-refractivity contribution in [3.8, 4) is 5.75 Å². The van der Waals surface area contributed by atoms with Gasteiger partial charge in [0.1, 0.15) is 12.4 Å². The second-order valence-corrected chi connectivity index (χ2v) is 5.70. The van der Waals surface area contributed by atoms with Crippen molar-refractivity contribution >= 4 is 11.8 Å². The number of nitrogens with two attached hydrogens (primary N) is 2. The van der Waals surface area contributed by atoms with E-state index in [0.717, 1.165) is 0 Å². The Hall–Kier alpha value is -2.48. The van der Waals surface area contributed by atoms with Crippen molar-refractivity contribution in [1.82, 2.24) is 14.9 Å². The minimum atomic E-state index is -0.454. The van der Waals surface area contributed by atoms with Gasteiger partial charge < -0.3 is 25.5 Å². The van der Waals surface area contributed by atoms with Gasteiger partial charge in [-0.1, -0.05) is 13.8 Å². The van der Waals surface area contributed by atoms with Crippen molar-refractivity contribution in [3.05, 3.63) is 29.7 Å². The molecule has 0 aromatic carbocycles. The lowest BCUT2D eigenvalue weighted by molar-refractivity contribution is 0.109. The minimum Gasteiger partial charge on any atom is -0.506 e. The Morgan fingerprint density at radius 1 is 1.39 bits per heavy atom. The zero-order valence-corrected chi connectivity index (χ0v) is 14.0. The molecule has 0 aliphatic rings. The number of likely N-dealkylation sites (N-methyl/N-ethyl adjacent to an activating group) is 1. The predicted molar refractivity (Wildman–Crippen MR) is 87.8 cm³/mol. The summed E-state index contributed by atoms with van der Waals surface area (Å²) in [5, 5.41) is 10.5. The Morgan fingerprint density at radius 2 is 2.04 bits per heavy atom. The number of rotatable bonds is 6. The third-order valence-corrected chi connectivity index (χ3v) is 3.04. The summed E-state index contributed by atoms with van der Waals surface area (Å²) < 4.78 is 5.24. The van der Waals surface area contributed by atoms with E-state index in [-0.39, 0.29) is 18.1 Å². The standard InChI is InChI=1S/C15H25N5O3/c1-10(2)8-19(3)15(22)23-9-13(20(4)17)14(16)12-6-5-11(21)7-18-12/h5-7,10,21H,8-9,16-17H2,1-4H3/b14-13-. The number of hydrogen-bond acceptors (Lipinski definition) is 7. The number of amides is 1. The van der Waals surface area contributed by atoms with Crippen molar-refractivity contribution in [2.45, 2.75) is 13.8 Å². The van der Waals surface area contributed by atoms with Crippen LogP contribution in [0.2, 0.25) is 0 Å². The van der Waals surface area contributed by atoms with E-state index in [1.807, 2.05) is 13.8 Å². The van der Waals surface area contributed by atoms with Crippen molar-refractivity contribution in [2.24, 2.45) is 17.5 Å². The van der Waals surface area contributed by atoms with Crippen molar-refractivity contribution in [2.75, 3.05) is 27.2 Å². The number of hydrogen-bond donors (Lipinski definition) is 3. The highest BCUT2D eigenvalue weighted by atomic mass is 16.6. The topological polar surface area (TPSA) is 118 Å². The first kappa shape index (κ1) is 18.6. The molecule has 0 atom stereocenters. The first-order valence-corrected chi connectivity index (χ1v) is 7.22. The van der Waals surface area contributed by atoms with Gasteiger partial charge in [0.05, 0.1) is 23.3 Å². The molecule has 0 radical (unpaired) electrons. The monoisotopic (exact) mass is 323 g/mol. The van der Waals surface area contributed by atoms with Gasteiger partial charge in [0.2, 0.25) is 0 Å². The summed E-state index contributed by atoms with van der Waals surface area (Å²) in [6.45, 7) is 4.53. The SMILES string of the molecule is CC(C)CN(C)C(=O)OC/C(=C(/N)c1ccc(O)cn1)N(C)N. The fraction of sp³-hybridized carbons (Fsp3) is 0.467. The fourth-order valence-corrected chi connectivity index (χ4v) is 1.93. The molecule has 8 nitrogen and oxygen atoms in total. The molecule has 0 saturated carbocycles. The van der Waals surface area contributed by atoms with Crippen molar-refractivity contribution < 1.29 is 14.6 Å². The zero-order chi connectivity index (χ0) is 17.6. The van der Waals surface area contributed by atoms with Crippen LogP contribution in [0.15, 0.2) is 24.0 Å². The highest BCUT2D eigenvalue weighted by Crippen LogP contribution is 2.15. The molecule has 0 saturated heterocycles. The Kier molecular flexibility index (Phi) is 6.65. The Labute approximate surface area is 136 Å². The van der Waals surface area contributed by atoms with Gasteiger partial charge in [-0.15, -0.1) is 0 Å².